The first-order chi connectivity index (χ1) is 10.0. The summed E-state index contributed by atoms with van der Waals surface area (Å²) in [5.74, 6) is -0.273. The van der Waals surface area contributed by atoms with Crippen LogP contribution in [0.3, 0.4) is 0 Å². The standard InChI is InChI=1S/C18H21FO2/c1-13-4-3-5-16(8-13)18(11-20,12-21)10-15-6-7-17(19)9-14(15)2/h3-9,20-21H,10-12H2,1-2H3. The number of aryl methyl sites for hydroxylation is 2. The summed E-state index contributed by atoms with van der Waals surface area (Å²) < 4.78 is 13.2. The van der Waals surface area contributed by atoms with Crippen molar-refractivity contribution in [2.75, 3.05) is 13.2 Å². The highest BCUT2D eigenvalue weighted by Gasteiger charge is 2.32. The Hall–Kier alpha value is -1.71. The summed E-state index contributed by atoms with van der Waals surface area (Å²) >= 11 is 0. The maximum absolute atomic E-state index is 13.2. The van der Waals surface area contributed by atoms with Crippen molar-refractivity contribution < 1.29 is 14.6 Å². The summed E-state index contributed by atoms with van der Waals surface area (Å²) in [5, 5.41) is 19.8. The fourth-order valence-electron chi connectivity index (χ4n) is 2.64. The molecule has 0 saturated heterocycles. The quantitative estimate of drug-likeness (QED) is 0.888. The van der Waals surface area contributed by atoms with Crippen LogP contribution in [0.5, 0.6) is 0 Å². The Labute approximate surface area is 124 Å². The first-order valence-corrected chi connectivity index (χ1v) is 7.05. The predicted molar refractivity (Wildman–Crippen MR) is 81.9 cm³/mol. The monoisotopic (exact) mass is 288 g/mol. The van der Waals surface area contributed by atoms with Gasteiger partial charge < -0.3 is 10.2 Å². The molecule has 2 aromatic carbocycles. The van der Waals surface area contributed by atoms with Gasteiger partial charge in [0.2, 0.25) is 0 Å². The van der Waals surface area contributed by atoms with E-state index in [9.17, 15) is 14.6 Å². The molecule has 0 aliphatic carbocycles. The SMILES string of the molecule is Cc1cccc(C(CO)(CO)Cc2ccc(F)cc2C)c1. The summed E-state index contributed by atoms with van der Waals surface area (Å²) in [7, 11) is 0. The third kappa shape index (κ3) is 3.31. The molecule has 0 amide bonds. The number of aliphatic hydroxyl groups excluding tert-OH is 2. The average molecular weight is 288 g/mol. The van der Waals surface area contributed by atoms with Crippen LogP contribution in [0.4, 0.5) is 4.39 Å². The minimum atomic E-state index is -0.755. The molecule has 0 saturated carbocycles. The van der Waals surface area contributed by atoms with Gasteiger partial charge in [-0.15, -0.1) is 0 Å². The lowest BCUT2D eigenvalue weighted by Crippen LogP contribution is -2.37. The third-order valence-electron chi connectivity index (χ3n) is 4.07. The molecule has 0 fully saturated rings. The number of hydrogen-bond donors (Lipinski definition) is 2. The Morgan fingerprint density at radius 2 is 1.71 bits per heavy atom. The lowest BCUT2D eigenvalue weighted by atomic mass is 9.75. The first kappa shape index (κ1) is 15.7. The van der Waals surface area contributed by atoms with Gasteiger partial charge in [-0.05, 0) is 49.1 Å². The van der Waals surface area contributed by atoms with E-state index in [-0.39, 0.29) is 19.0 Å². The van der Waals surface area contributed by atoms with E-state index in [1.807, 2.05) is 38.1 Å². The lowest BCUT2D eigenvalue weighted by Gasteiger charge is -2.31. The highest BCUT2D eigenvalue weighted by atomic mass is 19.1. The maximum Gasteiger partial charge on any atom is 0.123 e. The van der Waals surface area contributed by atoms with Gasteiger partial charge in [0, 0.05) is 5.41 Å². The van der Waals surface area contributed by atoms with Crippen molar-refractivity contribution in [1.82, 2.24) is 0 Å². The van der Waals surface area contributed by atoms with Crippen LogP contribution < -0.4 is 0 Å². The number of benzene rings is 2. The van der Waals surface area contributed by atoms with E-state index in [0.717, 1.165) is 22.3 Å². The van der Waals surface area contributed by atoms with Crippen molar-refractivity contribution in [3.8, 4) is 0 Å². The van der Waals surface area contributed by atoms with E-state index in [4.69, 9.17) is 0 Å². The molecule has 0 aromatic heterocycles. The summed E-state index contributed by atoms with van der Waals surface area (Å²) in [4.78, 5) is 0. The summed E-state index contributed by atoms with van der Waals surface area (Å²) in [6.07, 6.45) is 0.468. The Morgan fingerprint density at radius 1 is 1.00 bits per heavy atom. The molecule has 0 aliphatic rings. The van der Waals surface area contributed by atoms with Crippen LogP contribution in [0.2, 0.25) is 0 Å². The second-order valence-electron chi connectivity index (χ2n) is 5.71. The van der Waals surface area contributed by atoms with Crippen LogP contribution in [0, 0.1) is 19.7 Å². The van der Waals surface area contributed by atoms with E-state index in [1.165, 1.54) is 12.1 Å². The van der Waals surface area contributed by atoms with Crippen molar-refractivity contribution >= 4 is 0 Å². The van der Waals surface area contributed by atoms with Gasteiger partial charge >= 0.3 is 0 Å². The number of aliphatic hydroxyl groups is 2. The highest BCUT2D eigenvalue weighted by Crippen LogP contribution is 2.30. The molecule has 112 valence electrons. The summed E-state index contributed by atoms with van der Waals surface area (Å²) in [6.45, 7) is 3.49. The molecule has 21 heavy (non-hydrogen) atoms. The zero-order valence-electron chi connectivity index (χ0n) is 12.4. The fourth-order valence-corrected chi connectivity index (χ4v) is 2.64. The van der Waals surface area contributed by atoms with E-state index in [1.54, 1.807) is 6.07 Å². The summed E-state index contributed by atoms with van der Waals surface area (Å²) in [6, 6.07) is 12.4. The second-order valence-corrected chi connectivity index (χ2v) is 5.71. The summed E-state index contributed by atoms with van der Waals surface area (Å²) in [5.41, 5.74) is 2.98. The fraction of sp³-hybridized carbons (Fsp3) is 0.333. The van der Waals surface area contributed by atoms with Crippen molar-refractivity contribution in [1.29, 1.82) is 0 Å². The number of hydrogen-bond acceptors (Lipinski definition) is 2. The zero-order valence-corrected chi connectivity index (χ0v) is 12.4. The second kappa shape index (κ2) is 6.37. The number of rotatable bonds is 5. The molecule has 2 nitrogen and oxygen atoms in total. The van der Waals surface area contributed by atoms with Gasteiger partial charge in [0.25, 0.3) is 0 Å². The third-order valence-corrected chi connectivity index (χ3v) is 4.07. The minimum absolute atomic E-state index is 0.163. The molecule has 0 spiro atoms. The smallest absolute Gasteiger partial charge is 0.123 e. The van der Waals surface area contributed by atoms with Crippen molar-refractivity contribution in [3.63, 3.8) is 0 Å². The largest absolute Gasteiger partial charge is 0.395 e. The molecule has 0 heterocycles. The van der Waals surface area contributed by atoms with E-state index < -0.39 is 5.41 Å². The Balaban J connectivity index is 2.43. The molecular weight excluding hydrogens is 267 g/mol. The van der Waals surface area contributed by atoms with Crippen LogP contribution in [0.1, 0.15) is 22.3 Å². The van der Waals surface area contributed by atoms with Crippen molar-refractivity contribution in [2.45, 2.75) is 25.7 Å². The molecule has 0 radical (unpaired) electrons. The van der Waals surface area contributed by atoms with Crippen LogP contribution in [-0.2, 0) is 11.8 Å². The van der Waals surface area contributed by atoms with Crippen molar-refractivity contribution in [3.05, 3.63) is 70.5 Å². The molecule has 0 atom stereocenters. The van der Waals surface area contributed by atoms with E-state index in [0.29, 0.717) is 6.42 Å². The van der Waals surface area contributed by atoms with Gasteiger partial charge in [0.1, 0.15) is 5.82 Å². The Kier molecular flexibility index (Phi) is 4.76. The van der Waals surface area contributed by atoms with Crippen LogP contribution in [-0.4, -0.2) is 23.4 Å². The van der Waals surface area contributed by atoms with Gasteiger partial charge in [-0.3, -0.25) is 0 Å². The van der Waals surface area contributed by atoms with Gasteiger partial charge in [-0.2, -0.15) is 0 Å². The van der Waals surface area contributed by atoms with Gasteiger partial charge in [0.15, 0.2) is 0 Å². The van der Waals surface area contributed by atoms with Crippen LogP contribution >= 0.6 is 0 Å². The van der Waals surface area contributed by atoms with Crippen LogP contribution in [0.25, 0.3) is 0 Å². The number of halogens is 1. The van der Waals surface area contributed by atoms with Gasteiger partial charge in [0.05, 0.1) is 13.2 Å². The van der Waals surface area contributed by atoms with Crippen molar-refractivity contribution in [2.24, 2.45) is 0 Å². The van der Waals surface area contributed by atoms with Gasteiger partial charge in [-0.25, -0.2) is 4.39 Å². The topological polar surface area (TPSA) is 40.5 Å². The lowest BCUT2D eigenvalue weighted by molar-refractivity contribution is 0.116. The Morgan fingerprint density at radius 3 is 2.29 bits per heavy atom. The predicted octanol–water partition coefficient (Wildman–Crippen LogP) is 2.91. The molecule has 0 bridgehead atoms. The molecular formula is C18H21FO2. The van der Waals surface area contributed by atoms with Gasteiger partial charge in [-0.1, -0.05) is 35.9 Å². The van der Waals surface area contributed by atoms with E-state index in [2.05, 4.69) is 0 Å². The highest BCUT2D eigenvalue weighted by molar-refractivity contribution is 5.35. The zero-order chi connectivity index (χ0) is 15.5. The first-order valence-electron chi connectivity index (χ1n) is 7.05. The maximum atomic E-state index is 13.2. The Bertz CT molecular complexity index is 618. The molecule has 0 aliphatic heterocycles. The van der Waals surface area contributed by atoms with E-state index >= 15 is 0 Å². The van der Waals surface area contributed by atoms with Crippen LogP contribution in [0.15, 0.2) is 42.5 Å². The molecule has 2 N–H and O–H groups in total. The normalized spacial score (nSPS) is 11.7. The molecule has 2 rings (SSSR count). The average Bonchev–Trinajstić information content (AvgIpc) is 2.47. The molecule has 3 heteroatoms. The molecule has 0 unspecified atom stereocenters. The minimum Gasteiger partial charge on any atom is -0.395 e. The molecule has 2 aromatic rings.